The number of aryl methyl sites for hydroxylation is 1. The third kappa shape index (κ3) is 4.69. The fourth-order valence-electron chi connectivity index (χ4n) is 1.32. The van der Waals surface area contributed by atoms with E-state index < -0.39 is 11.7 Å². The lowest BCUT2D eigenvalue weighted by Crippen LogP contribution is -2.33. The van der Waals surface area contributed by atoms with Crippen molar-refractivity contribution in [3.63, 3.8) is 0 Å². The molecule has 1 rings (SSSR count). The van der Waals surface area contributed by atoms with Crippen LogP contribution in [0.25, 0.3) is 0 Å². The first kappa shape index (κ1) is 15.0. The van der Waals surface area contributed by atoms with Gasteiger partial charge in [-0.25, -0.2) is 4.79 Å². The van der Waals surface area contributed by atoms with Crippen molar-refractivity contribution in [3.05, 3.63) is 28.2 Å². The van der Waals surface area contributed by atoms with Crippen LogP contribution in [0.1, 0.15) is 33.3 Å². The molecule has 0 aliphatic carbocycles. The highest BCUT2D eigenvalue weighted by atomic mass is 79.9. The van der Waals surface area contributed by atoms with Gasteiger partial charge in [0.15, 0.2) is 6.10 Å². The highest BCUT2D eigenvalue weighted by Crippen LogP contribution is 2.27. The van der Waals surface area contributed by atoms with Crippen LogP contribution in [0.3, 0.4) is 0 Å². The van der Waals surface area contributed by atoms with E-state index in [1.54, 1.807) is 6.92 Å². The van der Waals surface area contributed by atoms with Crippen molar-refractivity contribution in [2.24, 2.45) is 0 Å². The fraction of sp³-hybridized carbons (Fsp3) is 0.500. The number of halogens is 1. The van der Waals surface area contributed by atoms with Gasteiger partial charge in [0, 0.05) is 0 Å². The Morgan fingerprint density at radius 1 is 1.33 bits per heavy atom. The van der Waals surface area contributed by atoms with Gasteiger partial charge in [0.05, 0.1) is 4.47 Å². The molecule has 0 saturated carbocycles. The molecule has 0 spiro atoms. The highest BCUT2D eigenvalue weighted by molar-refractivity contribution is 9.10. The van der Waals surface area contributed by atoms with E-state index in [0.717, 1.165) is 10.0 Å². The maximum absolute atomic E-state index is 11.8. The van der Waals surface area contributed by atoms with E-state index in [2.05, 4.69) is 15.9 Å². The molecule has 1 atom stereocenters. The smallest absolute Gasteiger partial charge is 0.347 e. The predicted molar refractivity (Wildman–Crippen MR) is 74.8 cm³/mol. The Morgan fingerprint density at radius 2 is 1.94 bits per heavy atom. The van der Waals surface area contributed by atoms with Crippen molar-refractivity contribution in [3.8, 4) is 5.75 Å². The van der Waals surface area contributed by atoms with E-state index in [9.17, 15) is 4.79 Å². The number of carbonyl (C=O) groups is 1. The second-order valence-corrected chi connectivity index (χ2v) is 6.08. The van der Waals surface area contributed by atoms with Gasteiger partial charge in [-0.15, -0.1) is 0 Å². The van der Waals surface area contributed by atoms with Crippen molar-refractivity contribution in [2.45, 2.75) is 46.3 Å². The number of esters is 1. The van der Waals surface area contributed by atoms with Crippen LogP contribution in [-0.2, 0) is 9.53 Å². The summed E-state index contributed by atoms with van der Waals surface area (Å²) in [7, 11) is 0. The molecule has 0 heterocycles. The molecular formula is C14H19BrO3. The highest BCUT2D eigenvalue weighted by Gasteiger charge is 2.23. The number of hydrogen-bond donors (Lipinski definition) is 0. The number of hydrogen-bond acceptors (Lipinski definition) is 3. The Labute approximate surface area is 117 Å². The average molecular weight is 315 g/mol. The van der Waals surface area contributed by atoms with Crippen LogP contribution < -0.4 is 4.74 Å². The quantitative estimate of drug-likeness (QED) is 0.795. The summed E-state index contributed by atoms with van der Waals surface area (Å²) in [6.45, 7) is 9.17. The first-order valence-electron chi connectivity index (χ1n) is 5.85. The summed E-state index contributed by atoms with van der Waals surface area (Å²) in [6.07, 6.45) is -0.636. The van der Waals surface area contributed by atoms with Gasteiger partial charge in [0.1, 0.15) is 11.4 Å². The summed E-state index contributed by atoms with van der Waals surface area (Å²) < 4.78 is 11.7. The van der Waals surface area contributed by atoms with Crippen LogP contribution in [0.5, 0.6) is 5.75 Å². The van der Waals surface area contributed by atoms with Gasteiger partial charge >= 0.3 is 5.97 Å². The van der Waals surface area contributed by atoms with Crippen LogP contribution in [0, 0.1) is 6.92 Å². The third-order valence-electron chi connectivity index (χ3n) is 2.13. The molecular weight excluding hydrogens is 296 g/mol. The zero-order valence-electron chi connectivity index (χ0n) is 11.4. The molecule has 1 unspecified atom stereocenters. The van der Waals surface area contributed by atoms with Crippen molar-refractivity contribution in [1.82, 2.24) is 0 Å². The normalized spacial score (nSPS) is 13.0. The molecule has 18 heavy (non-hydrogen) atoms. The maximum atomic E-state index is 11.8. The molecule has 0 aromatic heterocycles. The van der Waals surface area contributed by atoms with Crippen molar-refractivity contribution >= 4 is 21.9 Å². The molecule has 4 heteroatoms. The number of benzene rings is 1. The minimum atomic E-state index is -0.636. The second-order valence-electron chi connectivity index (χ2n) is 5.23. The minimum absolute atomic E-state index is 0.366. The van der Waals surface area contributed by atoms with Crippen molar-refractivity contribution in [2.75, 3.05) is 0 Å². The molecule has 0 radical (unpaired) electrons. The van der Waals surface area contributed by atoms with E-state index in [1.807, 2.05) is 45.9 Å². The largest absolute Gasteiger partial charge is 0.478 e. The summed E-state index contributed by atoms with van der Waals surface area (Å²) in [5.74, 6) is 0.272. The Hall–Kier alpha value is -1.03. The Bertz CT molecular complexity index is 435. The summed E-state index contributed by atoms with van der Waals surface area (Å²) in [5, 5.41) is 0. The van der Waals surface area contributed by atoms with Crippen LogP contribution in [0.15, 0.2) is 22.7 Å². The molecule has 0 bridgehead atoms. The van der Waals surface area contributed by atoms with Crippen molar-refractivity contribution < 1.29 is 14.3 Å². The molecule has 100 valence electrons. The van der Waals surface area contributed by atoms with Crippen LogP contribution in [0.4, 0.5) is 0 Å². The number of rotatable bonds is 3. The summed E-state index contributed by atoms with van der Waals surface area (Å²) >= 11 is 3.41. The lowest BCUT2D eigenvalue weighted by Gasteiger charge is -2.23. The molecule has 1 aromatic carbocycles. The lowest BCUT2D eigenvalue weighted by molar-refractivity contribution is -0.162. The Balaban J connectivity index is 2.69. The Kier molecular flexibility index (Phi) is 4.79. The van der Waals surface area contributed by atoms with Crippen molar-refractivity contribution in [1.29, 1.82) is 0 Å². The maximum Gasteiger partial charge on any atom is 0.347 e. The summed E-state index contributed by atoms with van der Waals surface area (Å²) in [4.78, 5) is 11.8. The van der Waals surface area contributed by atoms with Gasteiger partial charge in [-0.05, 0) is 68.2 Å². The number of ether oxygens (including phenoxy) is 2. The molecule has 0 saturated heterocycles. The topological polar surface area (TPSA) is 35.5 Å². The van der Waals surface area contributed by atoms with E-state index in [0.29, 0.717) is 5.75 Å². The van der Waals surface area contributed by atoms with Crippen LogP contribution in [0.2, 0.25) is 0 Å². The van der Waals surface area contributed by atoms with E-state index in [4.69, 9.17) is 9.47 Å². The molecule has 1 aromatic rings. The zero-order valence-corrected chi connectivity index (χ0v) is 13.0. The first-order chi connectivity index (χ1) is 8.19. The second kappa shape index (κ2) is 5.74. The van der Waals surface area contributed by atoms with Gasteiger partial charge < -0.3 is 9.47 Å². The third-order valence-corrected chi connectivity index (χ3v) is 2.75. The first-order valence-corrected chi connectivity index (χ1v) is 6.64. The molecule has 0 aliphatic rings. The van der Waals surface area contributed by atoms with Crippen LogP contribution in [-0.4, -0.2) is 17.7 Å². The monoisotopic (exact) mass is 314 g/mol. The van der Waals surface area contributed by atoms with Crippen LogP contribution >= 0.6 is 15.9 Å². The molecule has 0 N–H and O–H groups in total. The van der Waals surface area contributed by atoms with Gasteiger partial charge in [0.25, 0.3) is 0 Å². The van der Waals surface area contributed by atoms with E-state index in [1.165, 1.54) is 0 Å². The van der Waals surface area contributed by atoms with Gasteiger partial charge in [-0.1, -0.05) is 6.07 Å². The van der Waals surface area contributed by atoms with Gasteiger partial charge in [-0.2, -0.15) is 0 Å². The number of carbonyl (C=O) groups excluding carboxylic acids is 1. The fourth-order valence-corrected chi connectivity index (χ4v) is 1.91. The molecule has 0 amide bonds. The predicted octanol–water partition coefficient (Wildman–Crippen LogP) is 3.87. The van der Waals surface area contributed by atoms with Gasteiger partial charge in [0.2, 0.25) is 0 Å². The Morgan fingerprint density at radius 3 is 2.44 bits per heavy atom. The summed E-state index contributed by atoms with van der Waals surface area (Å²) in [5.41, 5.74) is 0.623. The van der Waals surface area contributed by atoms with E-state index in [-0.39, 0.29) is 5.97 Å². The summed E-state index contributed by atoms with van der Waals surface area (Å²) in [6, 6.07) is 5.71. The molecule has 3 nitrogen and oxygen atoms in total. The van der Waals surface area contributed by atoms with Gasteiger partial charge in [-0.3, -0.25) is 0 Å². The minimum Gasteiger partial charge on any atom is -0.478 e. The molecule has 0 fully saturated rings. The lowest BCUT2D eigenvalue weighted by atomic mass is 10.2. The zero-order chi connectivity index (χ0) is 13.9. The SMILES string of the molecule is Cc1ccc(OC(C)C(=O)OC(C)(C)C)c(Br)c1. The average Bonchev–Trinajstić information content (AvgIpc) is 2.19. The van der Waals surface area contributed by atoms with E-state index >= 15 is 0 Å². The molecule has 0 aliphatic heterocycles. The standard InChI is InChI=1S/C14H19BrO3/c1-9-6-7-12(11(15)8-9)17-10(2)13(16)18-14(3,4)5/h6-8,10H,1-5H3.